The molecule has 0 aromatic carbocycles. The molecule has 1 saturated heterocycles. The summed E-state index contributed by atoms with van der Waals surface area (Å²) in [5, 5.41) is 0. The van der Waals surface area contributed by atoms with Crippen LogP contribution in [0, 0.1) is 4.77 Å². The zero-order chi connectivity index (χ0) is 14.0. The normalized spacial score (nSPS) is 17.8. The number of carbonyl (C=O) groups is 1. The van der Waals surface area contributed by atoms with Crippen LogP contribution < -0.4 is 0 Å². The summed E-state index contributed by atoms with van der Waals surface area (Å²) >= 11 is 5.33. The number of piperidine rings is 1. The van der Waals surface area contributed by atoms with Crippen LogP contribution in [0.25, 0.3) is 0 Å². The molecule has 4 nitrogen and oxygen atoms in total. The molecule has 1 unspecified atom stereocenters. The quantitative estimate of drug-likeness (QED) is 0.864. The Morgan fingerprint density at radius 1 is 1.26 bits per heavy atom. The first-order valence-corrected chi connectivity index (χ1v) is 7.51. The number of hydrogen-bond acceptors (Lipinski definition) is 2. The molecule has 0 spiro atoms. The van der Waals surface area contributed by atoms with Crippen molar-refractivity contribution in [1.29, 1.82) is 0 Å². The van der Waals surface area contributed by atoms with E-state index >= 15 is 0 Å². The molecule has 1 aliphatic rings. The third-order valence-corrected chi connectivity index (χ3v) is 4.16. The number of aromatic amines is 1. The van der Waals surface area contributed by atoms with Gasteiger partial charge in [0.05, 0.1) is 0 Å². The number of imidazole rings is 1. The summed E-state index contributed by atoms with van der Waals surface area (Å²) in [6.45, 7) is 7.96. The fourth-order valence-corrected chi connectivity index (χ4v) is 3.05. The highest BCUT2D eigenvalue weighted by molar-refractivity contribution is 7.71. The highest BCUT2D eigenvalue weighted by Gasteiger charge is 2.25. The van der Waals surface area contributed by atoms with Gasteiger partial charge in [0.2, 0.25) is 5.91 Å². The van der Waals surface area contributed by atoms with Crippen LogP contribution in [-0.2, 0) is 4.79 Å². The number of nitrogens with zero attached hydrogens (tertiary/aromatic N) is 2. The van der Waals surface area contributed by atoms with E-state index in [4.69, 9.17) is 12.2 Å². The molecule has 0 saturated carbocycles. The van der Waals surface area contributed by atoms with Gasteiger partial charge in [0, 0.05) is 25.0 Å². The van der Waals surface area contributed by atoms with E-state index < -0.39 is 0 Å². The Morgan fingerprint density at radius 2 is 1.89 bits per heavy atom. The number of amides is 1. The molecule has 1 N–H and O–H groups in total. The summed E-state index contributed by atoms with van der Waals surface area (Å²) < 4.78 is 2.61. The van der Waals surface area contributed by atoms with Crippen LogP contribution in [-0.4, -0.2) is 33.4 Å². The lowest BCUT2D eigenvalue weighted by Gasteiger charge is -2.30. The molecule has 1 amide bonds. The molecule has 5 heteroatoms. The highest BCUT2D eigenvalue weighted by Crippen LogP contribution is 2.22. The largest absolute Gasteiger partial charge is 0.341 e. The van der Waals surface area contributed by atoms with Crippen molar-refractivity contribution in [3.05, 3.63) is 16.7 Å². The van der Waals surface area contributed by atoms with Crippen LogP contribution in [0.2, 0.25) is 0 Å². The highest BCUT2D eigenvalue weighted by atomic mass is 32.1. The van der Waals surface area contributed by atoms with Gasteiger partial charge in [-0.05, 0) is 44.3 Å². The Morgan fingerprint density at radius 3 is 2.47 bits per heavy atom. The van der Waals surface area contributed by atoms with Gasteiger partial charge in [0.1, 0.15) is 6.04 Å². The lowest BCUT2D eigenvalue weighted by molar-refractivity contribution is -0.135. The number of nitrogens with one attached hydrogen (secondary N) is 1. The van der Waals surface area contributed by atoms with Gasteiger partial charge in [-0.1, -0.05) is 13.8 Å². The zero-order valence-electron chi connectivity index (χ0n) is 12.0. The number of rotatable bonds is 3. The number of carbonyl (C=O) groups excluding carboxylic acids is 1. The maximum absolute atomic E-state index is 12.6. The molecule has 1 aromatic heterocycles. The van der Waals surface area contributed by atoms with E-state index in [9.17, 15) is 4.79 Å². The SMILES string of the molecule is CC(C)c1c[nH]c(=S)n1C(C)C(=O)N1CCCCC1. The topological polar surface area (TPSA) is 41.0 Å². The third-order valence-electron chi connectivity index (χ3n) is 3.84. The molecule has 0 radical (unpaired) electrons. The van der Waals surface area contributed by atoms with Crippen LogP contribution in [0.3, 0.4) is 0 Å². The van der Waals surface area contributed by atoms with Crippen molar-refractivity contribution in [2.45, 2.75) is 52.0 Å². The van der Waals surface area contributed by atoms with E-state index in [1.807, 2.05) is 22.6 Å². The molecular weight excluding hydrogens is 258 g/mol. The molecular formula is C14H23N3OS. The minimum absolute atomic E-state index is 0.192. The van der Waals surface area contributed by atoms with Crippen molar-refractivity contribution in [2.75, 3.05) is 13.1 Å². The van der Waals surface area contributed by atoms with Crippen LogP contribution in [0.4, 0.5) is 0 Å². The summed E-state index contributed by atoms with van der Waals surface area (Å²) in [7, 11) is 0. The second kappa shape index (κ2) is 5.90. The van der Waals surface area contributed by atoms with Crippen molar-refractivity contribution >= 4 is 18.1 Å². The lowest BCUT2D eigenvalue weighted by Crippen LogP contribution is -2.40. The second-order valence-electron chi connectivity index (χ2n) is 5.61. The fraction of sp³-hybridized carbons (Fsp3) is 0.714. The fourth-order valence-electron chi connectivity index (χ4n) is 2.73. The van der Waals surface area contributed by atoms with Gasteiger partial charge in [-0.15, -0.1) is 0 Å². The third kappa shape index (κ3) is 2.91. The maximum atomic E-state index is 12.6. The number of H-pyrrole nitrogens is 1. The molecule has 1 atom stereocenters. The molecule has 106 valence electrons. The Kier molecular flexibility index (Phi) is 4.45. The van der Waals surface area contributed by atoms with Crippen LogP contribution in [0.15, 0.2) is 6.20 Å². The minimum Gasteiger partial charge on any atom is -0.341 e. The summed E-state index contributed by atoms with van der Waals surface area (Å²) in [4.78, 5) is 17.6. The number of aromatic nitrogens is 2. The lowest BCUT2D eigenvalue weighted by atomic mass is 10.1. The zero-order valence-corrected chi connectivity index (χ0v) is 12.8. The van der Waals surface area contributed by atoms with Gasteiger partial charge < -0.3 is 14.5 Å². The molecule has 0 aliphatic carbocycles. The van der Waals surface area contributed by atoms with Crippen LogP contribution >= 0.6 is 12.2 Å². The van der Waals surface area contributed by atoms with Crippen LogP contribution in [0.5, 0.6) is 0 Å². The Hall–Kier alpha value is -1.10. The van der Waals surface area contributed by atoms with Crippen LogP contribution in [0.1, 0.15) is 57.7 Å². The first-order valence-electron chi connectivity index (χ1n) is 7.11. The molecule has 1 fully saturated rings. The molecule has 0 bridgehead atoms. The van der Waals surface area contributed by atoms with Gasteiger partial charge in [-0.3, -0.25) is 4.79 Å². The summed E-state index contributed by atoms with van der Waals surface area (Å²) in [6, 6.07) is -0.214. The molecule has 1 aliphatic heterocycles. The van der Waals surface area contributed by atoms with Gasteiger partial charge in [0.25, 0.3) is 0 Å². The first kappa shape index (κ1) is 14.3. The Balaban J connectivity index is 2.23. The Labute approximate surface area is 119 Å². The van der Waals surface area contributed by atoms with E-state index in [-0.39, 0.29) is 11.9 Å². The summed E-state index contributed by atoms with van der Waals surface area (Å²) in [6.07, 6.45) is 5.40. The molecule has 19 heavy (non-hydrogen) atoms. The first-order chi connectivity index (χ1) is 9.02. The monoisotopic (exact) mass is 281 g/mol. The number of hydrogen-bond donors (Lipinski definition) is 1. The average molecular weight is 281 g/mol. The van der Waals surface area contributed by atoms with Gasteiger partial charge in [0.15, 0.2) is 4.77 Å². The van der Waals surface area contributed by atoms with Crippen molar-refractivity contribution in [3.63, 3.8) is 0 Å². The van der Waals surface area contributed by atoms with Crippen molar-refractivity contribution in [3.8, 4) is 0 Å². The summed E-state index contributed by atoms with van der Waals surface area (Å²) in [5.41, 5.74) is 1.10. The predicted molar refractivity (Wildman–Crippen MR) is 78.8 cm³/mol. The smallest absolute Gasteiger partial charge is 0.245 e. The van der Waals surface area contributed by atoms with Gasteiger partial charge in [-0.25, -0.2) is 0 Å². The molecule has 1 aromatic rings. The van der Waals surface area contributed by atoms with E-state index in [1.165, 1.54) is 6.42 Å². The average Bonchev–Trinajstić information content (AvgIpc) is 2.80. The van der Waals surface area contributed by atoms with Crippen molar-refractivity contribution in [1.82, 2.24) is 14.5 Å². The predicted octanol–water partition coefficient (Wildman–Crippen LogP) is 3.24. The Bertz CT molecular complexity index is 497. The molecule has 2 rings (SSSR count). The number of likely N-dealkylation sites (tertiary alicyclic amines) is 1. The molecule has 2 heterocycles. The summed E-state index contributed by atoms with van der Waals surface area (Å²) in [5.74, 6) is 0.543. The van der Waals surface area contributed by atoms with Gasteiger partial charge >= 0.3 is 0 Å². The van der Waals surface area contributed by atoms with Gasteiger partial charge in [-0.2, -0.15) is 0 Å². The van der Waals surface area contributed by atoms with E-state index in [1.54, 1.807) is 0 Å². The van der Waals surface area contributed by atoms with Crippen molar-refractivity contribution in [2.24, 2.45) is 0 Å². The maximum Gasteiger partial charge on any atom is 0.245 e. The standard InChI is InChI=1S/C14H23N3OS/c1-10(2)12-9-15-14(19)17(12)11(3)13(18)16-7-5-4-6-8-16/h9-11H,4-8H2,1-3H3,(H,15,19). The van der Waals surface area contributed by atoms with E-state index in [0.717, 1.165) is 31.6 Å². The second-order valence-corrected chi connectivity index (χ2v) is 5.99. The van der Waals surface area contributed by atoms with Crippen molar-refractivity contribution < 1.29 is 4.79 Å². The minimum atomic E-state index is -0.214. The van der Waals surface area contributed by atoms with E-state index in [2.05, 4.69) is 18.8 Å². The van der Waals surface area contributed by atoms with E-state index in [0.29, 0.717) is 10.7 Å².